The number of hydrazone groups is 1. The molecule has 0 fully saturated rings. The number of fused-ring (bicyclic) bond motifs is 1. The summed E-state index contributed by atoms with van der Waals surface area (Å²) in [5, 5.41) is 7.29. The van der Waals surface area contributed by atoms with Crippen LogP contribution in [0.5, 0.6) is 0 Å². The second-order valence-corrected chi connectivity index (χ2v) is 7.74. The Bertz CT molecular complexity index is 1130. The summed E-state index contributed by atoms with van der Waals surface area (Å²) in [6.07, 6.45) is 2.31. The van der Waals surface area contributed by atoms with Crippen molar-refractivity contribution in [3.8, 4) is 0 Å². The lowest BCUT2D eigenvalue weighted by Crippen LogP contribution is -2.23. The van der Waals surface area contributed by atoms with Crippen LogP contribution >= 0.6 is 0 Å². The molecule has 6 heteroatoms. The SMILES string of the molecule is Cc1ccc(C(=O)N/N=C2\CCCc3oc(C(=O)NCc4ccccc4)c(C)c32)cc1. The van der Waals surface area contributed by atoms with Crippen molar-refractivity contribution in [2.75, 3.05) is 0 Å². The molecular weight excluding hydrogens is 390 g/mol. The highest BCUT2D eigenvalue weighted by Crippen LogP contribution is 2.30. The summed E-state index contributed by atoms with van der Waals surface area (Å²) in [4.78, 5) is 25.2. The Morgan fingerprint density at radius 3 is 2.45 bits per heavy atom. The fourth-order valence-corrected chi connectivity index (χ4v) is 3.74. The van der Waals surface area contributed by atoms with Crippen molar-refractivity contribution in [3.63, 3.8) is 0 Å². The smallest absolute Gasteiger partial charge is 0.287 e. The number of benzene rings is 2. The Labute approximate surface area is 181 Å². The van der Waals surface area contributed by atoms with E-state index in [4.69, 9.17) is 4.42 Å². The maximum Gasteiger partial charge on any atom is 0.287 e. The Balaban J connectivity index is 1.51. The lowest BCUT2D eigenvalue weighted by Gasteiger charge is -2.13. The van der Waals surface area contributed by atoms with Gasteiger partial charge in [-0.15, -0.1) is 0 Å². The van der Waals surface area contributed by atoms with Crippen molar-refractivity contribution >= 4 is 17.5 Å². The second kappa shape index (κ2) is 9.00. The minimum absolute atomic E-state index is 0.251. The normalized spacial score (nSPS) is 14.2. The third-order valence-corrected chi connectivity index (χ3v) is 5.43. The maximum absolute atomic E-state index is 12.7. The highest BCUT2D eigenvalue weighted by Gasteiger charge is 2.28. The van der Waals surface area contributed by atoms with E-state index >= 15 is 0 Å². The van der Waals surface area contributed by atoms with Crippen LogP contribution < -0.4 is 10.7 Å². The van der Waals surface area contributed by atoms with Crippen LogP contribution in [0.4, 0.5) is 0 Å². The number of carbonyl (C=O) groups excluding carboxylic acids is 2. The van der Waals surface area contributed by atoms with Gasteiger partial charge >= 0.3 is 0 Å². The van der Waals surface area contributed by atoms with Crippen LogP contribution in [0, 0.1) is 13.8 Å². The van der Waals surface area contributed by atoms with Crippen LogP contribution in [0.1, 0.15) is 61.8 Å². The summed E-state index contributed by atoms with van der Waals surface area (Å²) >= 11 is 0. The highest BCUT2D eigenvalue weighted by atomic mass is 16.4. The molecule has 31 heavy (non-hydrogen) atoms. The number of hydrogen-bond acceptors (Lipinski definition) is 4. The molecule has 2 aromatic carbocycles. The topological polar surface area (TPSA) is 83.7 Å². The Morgan fingerprint density at radius 2 is 1.71 bits per heavy atom. The highest BCUT2D eigenvalue weighted by molar-refractivity contribution is 6.07. The molecule has 0 saturated heterocycles. The van der Waals surface area contributed by atoms with Gasteiger partial charge in [0.1, 0.15) is 5.76 Å². The number of nitrogens with zero attached hydrogens (tertiary/aromatic N) is 1. The van der Waals surface area contributed by atoms with Crippen molar-refractivity contribution in [1.29, 1.82) is 0 Å². The van der Waals surface area contributed by atoms with Gasteiger partial charge in [0.05, 0.1) is 5.71 Å². The van der Waals surface area contributed by atoms with Crippen LogP contribution in [0.2, 0.25) is 0 Å². The molecule has 1 heterocycles. The number of rotatable bonds is 5. The summed E-state index contributed by atoms with van der Waals surface area (Å²) in [5.74, 6) is 0.540. The van der Waals surface area contributed by atoms with Crippen molar-refractivity contribution in [3.05, 3.63) is 93.9 Å². The number of carbonyl (C=O) groups is 2. The van der Waals surface area contributed by atoms with E-state index in [9.17, 15) is 9.59 Å². The molecule has 0 atom stereocenters. The van der Waals surface area contributed by atoms with Gasteiger partial charge in [-0.1, -0.05) is 48.0 Å². The lowest BCUT2D eigenvalue weighted by atomic mass is 9.93. The molecule has 4 rings (SSSR count). The van der Waals surface area contributed by atoms with Gasteiger partial charge in [0.25, 0.3) is 11.8 Å². The molecule has 0 aliphatic heterocycles. The lowest BCUT2D eigenvalue weighted by molar-refractivity contribution is 0.0919. The van der Waals surface area contributed by atoms with Gasteiger partial charge < -0.3 is 9.73 Å². The molecule has 158 valence electrons. The fraction of sp³-hybridized carbons (Fsp3) is 0.240. The summed E-state index contributed by atoms with van der Waals surface area (Å²) in [6, 6.07) is 17.1. The largest absolute Gasteiger partial charge is 0.455 e. The van der Waals surface area contributed by atoms with Gasteiger partial charge in [0.2, 0.25) is 0 Å². The number of amides is 2. The third-order valence-electron chi connectivity index (χ3n) is 5.43. The number of hydrogen-bond donors (Lipinski definition) is 2. The molecule has 0 bridgehead atoms. The van der Waals surface area contributed by atoms with Crippen molar-refractivity contribution < 1.29 is 14.0 Å². The van der Waals surface area contributed by atoms with Gasteiger partial charge in [-0.05, 0) is 44.4 Å². The molecule has 1 aliphatic carbocycles. The first kappa shape index (κ1) is 20.6. The zero-order valence-corrected chi connectivity index (χ0v) is 17.7. The van der Waals surface area contributed by atoms with Crippen molar-refractivity contribution in [2.24, 2.45) is 5.10 Å². The first-order valence-corrected chi connectivity index (χ1v) is 10.4. The van der Waals surface area contributed by atoms with Gasteiger partial charge in [0.15, 0.2) is 5.76 Å². The van der Waals surface area contributed by atoms with Gasteiger partial charge in [-0.3, -0.25) is 9.59 Å². The molecule has 2 N–H and O–H groups in total. The van der Waals surface area contributed by atoms with E-state index in [1.165, 1.54) is 0 Å². The van der Waals surface area contributed by atoms with Crippen LogP contribution in [-0.4, -0.2) is 17.5 Å². The molecule has 2 amide bonds. The van der Waals surface area contributed by atoms with E-state index in [1.807, 2.05) is 56.3 Å². The summed E-state index contributed by atoms with van der Waals surface area (Å²) < 4.78 is 5.92. The zero-order chi connectivity index (χ0) is 21.8. The first-order valence-electron chi connectivity index (χ1n) is 10.4. The van der Waals surface area contributed by atoms with Crippen LogP contribution in [-0.2, 0) is 13.0 Å². The average Bonchev–Trinajstić information content (AvgIpc) is 3.14. The fourth-order valence-electron chi connectivity index (χ4n) is 3.74. The molecule has 0 radical (unpaired) electrons. The predicted octanol–water partition coefficient (Wildman–Crippen LogP) is 4.30. The minimum atomic E-state index is -0.262. The van der Waals surface area contributed by atoms with Gasteiger partial charge in [-0.2, -0.15) is 5.10 Å². The van der Waals surface area contributed by atoms with Gasteiger partial charge in [0, 0.05) is 29.7 Å². The third kappa shape index (κ3) is 4.58. The molecule has 1 aromatic heterocycles. The molecule has 3 aromatic rings. The first-order chi connectivity index (χ1) is 15.0. The number of aryl methyl sites for hydroxylation is 2. The Morgan fingerprint density at radius 1 is 0.968 bits per heavy atom. The predicted molar refractivity (Wildman–Crippen MR) is 119 cm³/mol. The Hall–Kier alpha value is -3.67. The van der Waals surface area contributed by atoms with E-state index in [0.29, 0.717) is 24.3 Å². The summed E-state index contributed by atoms with van der Waals surface area (Å²) in [5.41, 5.74) is 7.64. The van der Waals surface area contributed by atoms with E-state index in [1.54, 1.807) is 12.1 Å². The molecule has 6 nitrogen and oxygen atoms in total. The molecule has 0 unspecified atom stereocenters. The van der Waals surface area contributed by atoms with Crippen LogP contribution in [0.15, 0.2) is 64.1 Å². The van der Waals surface area contributed by atoms with E-state index in [-0.39, 0.29) is 11.8 Å². The molecule has 0 spiro atoms. The van der Waals surface area contributed by atoms with Crippen molar-refractivity contribution in [1.82, 2.24) is 10.7 Å². The molecular formula is C25H25N3O3. The van der Waals surface area contributed by atoms with Crippen LogP contribution in [0.25, 0.3) is 0 Å². The number of nitrogens with one attached hydrogen (secondary N) is 2. The number of furan rings is 1. The quantitative estimate of drug-likeness (QED) is 0.610. The molecule has 0 saturated carbocycles. The summed E-state index contributed by atoms with van der Waals surface area (Å²) in [6.45, 7) is 4.27. The van der Waals surface area contributed by atoms with E-state index in [0.717, 1.165) is 46.6 Å². The van der Waals surface area contributed by atoms with Crippen molar-refractivity contribution in [2.45, 2.75) is 39.7 Å². The minimum Gasteiger partial charge on any atom is -0.455 e. The average molecular weight is 415 g/mol. The Kier molecular flexibility index (Phi) is 5.98. The van der Waals surface area contributed by atoms with Gasteiger partial charge in [-0.25, -0.2) is 5.43 Å². The monoisotopic (exact) mass is 415 g/mol. The standard InChI is InChI=1S/C25H25N3O3/c1-16-11-13-19(14-12-16)24(29)28-27-20-9-6-10-21-22(20)17(2)23(31-21)25(30)26-15-18-7-4-3-5-8-18/h3-5,7-8,11-14H,6,9-10,15H2,1-2H3,(H,26,30)(H,28,29)/b27-20+. The summed E-state index contributed by atoms with van der Waals surface area (Å²) in [7, 11) is 0. The molecule has 1 aliphatic rings. The second-order valence-electron chi connectivity index (χ2n) is 7.74. The van der Waals surface area contributed by atoms with Crippen LogP contribution in [0.3, 0.4) is 0 Å². The van der Waals surface area contributed by atoms with E-state index < -0.39 is 0 Å². The zero-order valence-electron chi connectivity index (χ0n) is 17.7. The maximum atomic E-state index is 12.7. The van der Waals surface area contributed by atoms with E-state index in [2.05, 4.69) is 15.8 Å².